The fourth-order valence-corrected chi connectivity index (χ4v) is 2.66. The van der Waals surface area contributed by atoms with Crippen molar-refractivity contribution >= 4 is 23.5 Å². The van der Waals surface area contributed by atoms with E-state index in [1.807, 2.05) is 23.9 Å². The van der Waals surface area contributed by atoms with E-state index in [-0.39, 0.29) is 5.54 Å². The Labute approximate surface area is 128 Å². The topological polar surface area (TPSA) is 56.5 Å². The van der Waals surface area contributed by atoms with Gasteiger partial charge in [0, 0.05) is 11.3 Å². The number of nitrogens with zero attached hydrogens (tertiary/aromatic N) is 3. The third-order valence-electron chi connectivity index (χ3n) is 3.02. The molecule has 21 heavy (non-hydrogen) atoms. The molecule has 5 nitrogen and oxygen atoms in total. The zero-order valence-electron chi connectivity index (χ0n) is 12.9. The monoisotopic (exact) mass is 305 g/mol. The Kier molecular flexibility index (Phi) is 4.27. The van der Waals surface area contributed by atoms with Crippen LogP contribution in [0, 0.1) is 13.8 Å². The second kappa shape index (κ2) is 5.81. The highest BCUT2D eigenvalue weighted by molar-refractivity contribution is 7.11. The Bertz CT molecular complexity index is 664. The molecule has 0 amide bonds. The number of hydrogen-bond donors (Lipinski definition) is 0. The summed E-state index contributed by atoms with van der Waals surface area (Å²) in [4.78, 5) is 17.1. The minimum Gasteiger partial charge on any atom is -0.312 e. The van der Waals surface area contributed by atoms with Crippen molar-refractivity contribution in [2.75, 3.05) is 0 Å². The highest BCUT2D eigenvalue weighted by Gasteiger charge is 2.20. The van der Waals surface area contributed by atoms with Gasteiger partial charge in [-0.2, -0.15) is 5.10 Å². The largest absolute Gasteiger partial charge is 0.375 e. The van der Waals surface area contributed by atoms with Crippen LogP contribution in [0.3, 0.4) is 0 Å². The van der Waals surface area contributed by atoms with Gasteiger partial charge in [0.2, 0.25) is 0 Å². The Morgan fingerprint density at radius 2 is 2.14 bits per heavy atom. The van der Waals surface area contributed by atoms with Crippen molar-refractivity contribution in [3.63, 3.8) is 0 Å². The molecule has 2 rings (SSSR count). The van der Waals surface area contributed by atoms with Gasteiger partial charge >= 0.3 is 5.97 Å². The molecule has 0 saturated carbocycles. The number of aryl methyl sites for hydroxylation is 1. The summed E-state index contributed by atoms with van der Waals surface area (Å²) in [5.74, 6) is -0.445. The third kappa shape index (κ3) is 3.39. The van der Waals surface area contributed by atoms with Crippen molar-refractivity contribution in [1.29, 1.82) is 0 Å². The first-order chi connectivity index (χ1) is 9.80. The van der Waals surface area contributed by atoms with Gasteiger partial charge in [0.15, 0.2) is 0 Å². The van der Waals surface area contributed by atoms with E-state index in [1.165, 1.54) is 11.3 Å². The molecule has 0 N–H and O–H groups in total. The van der Waals surface area contributed by atoms with Gasteiger partial charge in [-0.15, -0.1) is 11.3 Å². The molecule has 0 aromatic carbocycles. The summed E-state index contributed by atoms with van der Waals surface area (Å²) < 4.78 is 1.95. The number of carbonyl (C=O) groups excluding carboxylic acids is 1. The number of hydrogen-bond acceptors (Lipinski definition) is 5. The van der Waals surface area contributed by atoms with Gasteiger partial charge in [0.25, 0.3) is 0 Å². The Balaban J connectivity index is 2.15. The van der Waals surface area contributed by atoms with Crippen LogP contribution in [-0.4, -0.2) is 22.0 Å². The second-order valence-electron chi connectivity index (χ2n) is 5.76. The molecule has 0 aliphatic carbocycles. The summed E-state index contributed by atoms with van der Waals surface area (Å²) in [5.41, 5.74) is 2.63. The first-order valence-electron chi connectivity index (χ1n) is 6.65. The average molecular weight is 305 g/mol. The van der Waals surface area contributed by atoms with Gasteiger partial charge in [-0.1, -0.05) is 11.2 Å². The number of carbonyl (C=O) groups is 1. The highest BCUT2D eigenvalue weighted by Crippen LogP contribution is 2.20. The average Bonchev–Trinajstić information content (AvgIpc) is 3.00. The van der Waals surface area contributed by atoms with E-state index in [0.717, 1.165) is 17.0 Å². The lowest BCUT2D eigenvalue weighted by atomic mass is 10.1. The number of rotatable bonds is 3. The Morgan fingerprint density at radius 3 is 2.67 bits per heavy atom. The molecular formula is C15H19N3O2S. The van der Waals surface area contributed by atoms with E-state index in [1.54, 1.807) is 18.3 Å². The summed E-state index contributed by atoms with van der Waals surface area (Å²) in [6.07, 6.45) is 1.55. The van der Waals surface area contributed by atoms with Crippen LogP contribution in [0.5, 0.6) is 0 Å². The normalized spacial score (nSPS) is 12.0. The maximum Gasteiger partial charge on any atom is 0.375 e. The highest BCUT2D eigenvalue weighted by atomic mass is 32.1. The van der Waals surface area contributed by atoms with Gasteiger partial charge in [0.05, 0.1) is 17.4 Å². The Hall–Kier alpha value is -1.95. The maximum atomic E-state index is 11.7. The van der Waals surface area contributed by atoms with Crippen molar-refractivity contribution in [2.45, 2.75) is 40.2 Å². The smallest absolute Gasteiger partial charge is 0.312 e. The van der Waals surface area contributed by atoms with Gasteiger partial charge in [-0.3, -0.25) is 4.68 Å². The molecule has 0 radical (unpaired) electrons. The van der Waals surface area contributed by atoms with E-state index in [2.05, 4.69) is 31.0 Å². The molecule has 0 unspecified atom stereocenters. The summed E-state index contributed by atoms with van der Waals surface area (Å²) >= 11 is 1.33. The van der Waals surface area contributed by atoms with E-state index >= 15 is 0 Å². The van der Waals surface area contributed by atoms with E-state index in [4.69, 9.17) is 4.84 Å². The summed E-state index contributed by atoms with van der Waals surface area (Å²) in [6, 6.07) is 3.50. The van der Waals surface area contributed by atoms with E-state index < -0.39 is 5.97 Å². The molecule has 0 aliphatic heterocycles. The molecule has 0 atom stereocenters. The molecule has 6 heteroatoms. The lowest BCUT2D eigenvalue weighted by Gasteiger charge is -2.21. The van der Waals surface area contributed by atoms with Gasteiger partial charge in [-0.05, 0) is 46.1 Å². The molecular weight excluding hydrogens is 286 g/mol. The van der Waals surface area contributed by atoms with Gasteiger partial charge in [-0.25, -0.2) is 4.79 Å². The fourth-order valence-electron chi connectivity index (χ4n) is 2.06. The number of aromatic nitrogens is 2. The zero-order chi connectivity index (χ0) is 15.6. The molecule has 0 bridgehead atoms. The predicted molar refractivity (Wildman–Crippen MR) is 84.0 cm³/mol. The number of oxime groups is 1. The van der Waals surface area contributed by atoms with Crippen LogP contribution < -0.4 is 0 Å². The molecule has 0 saturated heterocycles. The van der Waals surface area contributed by atoms with E-state index in [9.17, 15) is 4.79 Å². The van der Waals surface area contributed by atoms with Crippen molar-refractivity contribution in [3.05, 3.63) is 39.3 Å². The molecule has 112 valence electrons. The summed E-state index contributed by atoms with van der Waals surface area (Å²) in [5, 5.41) is 10.1. The van der Waals surface area contributed by atoms with Crippen LogP contribution in [-0.2, 0) is 10.4 Å². The molecule has 2 heterocycles. The van der Waals surface area contributed by atoms with Gasteiger partial charge < -0.3 is 4.84 Å². The van der Waals surface area contributed by atoms with Crippen LogP contribution in [0.15, 0.2) is 22.7 Å². The first kappa shape index (κ1) is 15.4. The summed E-state index contributed by atoms with van der Waals surface area (Å²) in [6.45, 7) is 10.2. The lowest BCUT2D eigenvalue weighted by Crippen LogP contribution is -2.24. The van der Waals surface area contributed by atoms with E-state index in [0.29, 0.717) is 4.88 Å². The minimum absolute atomic E-state index is 0.103. The van der Waals surface area contributed by atoms with Crippen LogP contribution in [0.4, 0.5) is 0 Å². The Morgan fingerprint density at radius 1 is 1.43 bits per heavy atom. The van der Waals surface area contributed by atoms with Gasteiger partial charge in [0.1, 0.15) is 4.88 Å². The van der Waals surface area contributed by atoms with Crippen LogP contribution in [0.2, 0.25) is 0 Å². The fraction of sp³-hybridized carbons (Fsp3) is 0.400. The minimum atomic E-state index is -0.445. The quantitative estimate of drug-likeness (QED) is 0.495. The van der Waals surface area contributed by atoms with Crippen LogP contribution in [0.25, 0.3) is 0 Å². The number of thiophene rings is 1. The lowest BCUT2D eigenvalue weighted by molar-refractivity contribution is 0.0525. The molecule has 0 fully saturated rings. The van der Waals surface area contributed by atoms with Crippen molar-refractivity contribution in [3.8, 4) is 0 Å². The van der Waals surface area contributed by atoms with Crippen molar-refractivity contribution < 1.29 is 9.63 Å². The zero-order valence-corrected chi connectivity index (χ0v) is 13.7. The SMILES string of the molecule is Cc1nn(C(C)(C)C)c(C)c1/C=N/OC(=O)c1cccs1. The predicted octanol–water partition coefficient (Wildman–Crippen LogP) is 3.51. The van der Waals surface area contributed by atoms with Crippen molar-refractivity contribution in [2.24, 2.45) is 5.16 Å². The summed E-state index contributed by atoms with van der Waals surface area (Å²) in [7, 11) is 0. The maximum absolute atomic E-state index is 11.7. The molecule has 2 aromatic heterocycles. The van der Waals surface area contributed by atoms with Crippen molar-refractivity contribution in [1.82, 2.24) is 9.78 Å². The standard InChI is InChI=1S/C15H19N3O2S/c1-10-12(11(2)18(17-10)15(3,4)5)9-16-20-14(19)13-7-6-8-21-13/h6-9H,1-5H3/b16-9+. The van der Waals surface area contributed by atoms with Crippen LogP contribution in [0.1, 0.15) is 47.4 Å². The molecule has 0 spiro atoms. The third-order valence-corrected chi connectivity index (χ3v) is 3.87. The molecule has 0 aliphatic rings. The first-order valence-corrected chi connectivity index (χ1v) is 7.53. The molecule has 2 aromatic rings. The second-order valence-corrected chi connectivity index (χ2v) is 6.71. The van der Waals surface area contributed by atoms with Crippen LogP contribution >= 0.6 is 11.3 Å².